The summed E-state index contributed by atoms with van der Waals surface area (Å²) in [6.45, 7) is 8.81. The van der Waals surface area contributed by atoms with Gasteiger partial charge in [0.15, 0.2) is 0 Å². The van der Waals surface area contributed by atoms with Gasteiger partial charge in [-0.1, -0.05) is 35.9 Å². The summed E-state index contributed by atoms with van der Waals surface area (Å²) in [7, 11) is -4.03. The molecule has 0 spiro atoms. The molecule has 0 aromatic heterocycles. The minimum atomic E-state index is -4.03. The summed E-state index contributed by atoms with van der Waals surface area (Å²) in [5.74, 6) is -0.836. The largest absolute Gasteiger partial charge is 0.379 e. The maximum atomic E-state index is 13.8. The molecule has 2 aliphatic heterocycles. The van der Waals surface area contributed by atoms with Gasteiger partial charge in [-0.05, 0) is 68.3 Å². The second kappa shape index (κ2) is 11.9. The summed E-state index contributed by atoms with van der Waals surface area (Å²) >= 11 is 0. The molecular weight excluding hydrogens is 528 g/mol. The number of amides is 2. The van der Waals surface area contributed by atoms with Crippen LogP contribution in [0.15, 0.2) is 70.5 Å². The van der Waals surface area contributed by atoms with E-state index < -0.39 is 15.7 Å². The van der Waals surface area contributed by atoms with E-state index in [1.165, 1.54) is 35.3 Å². The number of hydrazine groups is 1. The Morgan fingerprint density at radius 3 is 2.55 bits per heavy atom. The van der Waals surface area contributed by atoms with Crippen molar-refractivity contribution in [2.75, 3.05) is 44.4 Å². The molecule has 9 nitrogen and oxygen atoms in total. The predicted molar refractivity (Wildman–Crippen MR) is 152 cm³/mol. The summed E-state index contributed by atoms with van der Waals surface area (Å²) in [5, 5.41) is 4.19. The van der Waals surface area contributed by atoms with Gasteiger partial charge in [-0.3, -0.25) is 14.5 Å². The van der Waals surface area contributed by atoms with Crippen molar-refractivity contribution in [3.8, 4) is 0 Å². The first-order valence-electron chi connectivity index (χ1n) is 13.5. The van der Waals surface area contributed by atoms with E-state index in [2.05, 4.69) is 15.6 Å². The van der Waals surface area contributed by atoms with Crippen molar-refractivity contribution in [1.29, 1.82) is 0 Å². The zero-order valence-electron chi connectivity index (χ0n) is 22.8. The van der Waals surface area contributed by atoms with E-state index in [0.29, 0.717) is 13.1 Å². The molecule has 2 aliphatic rings. The number of aryl methyl sites for hydroxylation is 2. The lowest BCUT2D eigenvalue weighted by Gasteiger charge is -2.26. The third kappa shape index (κ3) is 5.80. The molecule has 0 unspecified atom stereocenters. The Balaban J connectivity index is 1.43. The van der Waals surface area contributed by atoms with Gasteiger partial charge in [-0.15, -0.1) is 0 Å². The van der Waals surface area contributed by atoms with Crippen molar-refractivity contribution in [1.82, 2.24) is 15.6 Å². The van der Waals surface area contributed by atoms with Gasteiger partial charge >= 0.3 is 0 Å². The number of carbonyl (C=O) groups excluding carboxylic acids is 2. The van der Waals surface area contributed by atoms with Crippen molar-refractivity contribution in [2.45, 2.75) is 36.6 Å². The first-order valence-corrected chi connectivity index (χ1v) is 14.9. The molecule has 2 heterocycles. The Labute approximate surface area is 235 Å². The number of hydrogen-bond donors (Lipinski definition) is 2. The average Bonchev–Trinajstić information content (AvgIpc) is 3.03. The molecular formula is C30H34N4O5S. The van der Waals surface area contributed by atoms with E-state index in [4.69, 9.17) is 4.74 Å². The Hall–Kier alpha value is -3.57. The molecule has 0 saturated carbocycles. The lowest BCUT2D eigenvalue weighted by Crippen LogP contribution is -2.43. The lowest BCUT2D eigenvalue weighted by atomic mass is 10.1. The molecule has 3 aromatic rings. The van der Waals surface area contributed by atoms with Crippen molar-refractivity contribution in [3.05, 3.63) is 88.5 Å². The number of sulfone groups is 1. The van der Waals surface area contributed by atoms with Gasteiger partial charge in [-0.25, -0.2) is 18.9 Å². The highest BCUT2D eigenvalue weighted by molar-refractivity contribution is 7.91. The summed E-state index contributed by atoms with van der Waals surface area (Å²) in [5.41, 5.74) is 6.71. The molecule has 0 atom stereocenters. The number of nitrogens with one attached hydrogen (secondary N) is 2. The standard InChI is InChI=1S/C30H34N4O5S/c1-21-8-9-22(2)24(18-21)20-32-34-26-19-23(29(35)31-12-5-13-33-14-16-39-17-15-33)10-11-28(26)40(37,38)27-7-4-3-6-25(27)30(34)36/h3-4,6-11,18-19,32H,5,12-17,20H2,1-2H3,(H,31,35). The van der Waals surface area contributed by atoms with Crippen molar-refractivity contribution < 1.29 is 22.7 Å². The van der Waals surface area contributed by atoms with Crippen LogP contribution in [0.3, 0.4) is 0 Å². The summed E-state index contributed by atoms with van der Waals surface area (Å²) in [4.78, 5) is 29.1. The minimum absolute atomic E-state index is 0.0388. The Morgan fingerprint density at radius 2 is 1.75 bits per heavy atom. The van der Waals surface area contributed by atoms with Crippen molar-refractivity contribution >= 4 is 27.3 Å². The van der Waals surface area contributed by atoms with Crippen LogP contribution in [0, 0.1) is 13.8 Å². The van der Waals surface area contributed by atoms with Crippen LogP contribution in [0.25, 0.3) is 0 Å². The molecule has 1 saturated heterocycles. The van der Waals surface area contributed by atoms with E-state index in [-0.39, 0.29) is 32.5 Å². The van der Waals surface area contributed by atoms with E-state index in [1.807, 2.05) is 32.0 Å². The molecule has 3 aromatic carbocycles. The minimum Gasteiger partial charge on any atom is -0.379 e. The first kappa shape index (κ1) is 28.0. The molecule has 10 heteroatoms. The highest BCUT2D eigenvalue weighted by Gasteiger charge is 2.36. The van der Waals surface area contributed by atoms with Gasteiger partial charge in [0.05, 0.1) is 34.3 Å². The second-order valence-electron chi connectivity index (χ2n) is 10.2. The van der Waals surface area contributed by atoms with Crippen LogP contribution >= 0.6 is 0 Å². The average molecular weight is 563 g/mol. The third-order valence-electron chi connectivity index (χ3n) is 7.33. The number of nitrogens with zero attached hydrogens (tertiary/aromatic N) is 2. The van der Waals surface area contributed by atoms with Crippen LogP contribution in [0.4, 0.5) is 5.69 Å². The van der Waals surface area contributed by atoms with Gasteiger partial charge in [0.1, 0.15) is 0 Å². The number of hydrogen-bond acceptors (Lipinski definition) is 7. The quantitative estimate of drug-likeness (QED) is 0.406. The molecule has 0 bridgehead atoms. The van der Waals surface area contributed by atoms with E-state index >= 15 is 0 Å². The van der Waals surface area contributed by atoms with Crippen LogP contribution in [-0.4, -0.2) is 64.5 Å². The van der Waals surface area contributed by atoms with Gasteiger partial charge in [0.25, 0.3) is 11.8 Å². The van der Waals surface area contributed by atoms with Crippen LogP contribution in [0.5, 0.6) is 0 Å². The molecule has 0 aliphatic carbocycles. The van der Waals surface area contributed by atoms with Crippen LogP contribution < -0.4 is 15.8 Å². The number of anilines is 1. The number of carbonyl (C=O) groups is 2. The zero-order chi connectivity index (χ0) is 28.3. The van der Waals surface area contributed by atoms with Crippen LogP contribution in [0.2, 0.25) is 0 Å². The monoisotopic (exact) mass is 562 g/mol. The summed E-state index contributed by atoms with van der Waals surface area (Å²) < 4.78 is 32.8. The van der Waals surface area contributed by atoms with E-state index in [1.54, 1.807) is 12.1 Å². The smallest absolute Gasteiger partial charge is 0.274 e. The lowest BCUT2D eigenvalue weighted by molar-refractivity contribution is 0.0374. The van der Waals surface area contributed by atoms with Gasteiger partial charge in [0, 0.05) is 31.7 Å². The van der Waals surface area contributed by atoms with Crippen LogP contribution in [0.1, 0.15) is 43.8 Å². The summed E-state index contributed by atoms with van der Waals surface area (Å²) in [6, 6.07) is 16.6. The molecule has 1 fully saturated rings. The third-order valence-corrected chi connectivity index (χ3v) is 9.19. The fourth-order valence-corrected chi connectivity index (χ4v) is 6.64. The van der Waals surface area contributed by atoms with Gasteiger partial charge < -0.3 is 10.1 Å². The predicted octanol–water partition coefficient (Wildman–Crippen LogP) is 3.25. The van der Waals surface area contributed by atoms with E-state index in [9.17, 15) is 18.0 Å². The number of rotatable bonds is 8. The second-order valence-corrected chi connectivity index (χ2v) is 12.0. The molecule has 5 rings (SSSR count). The topological polar surface area (TPSA) is 108 Å². The maximum absolute atomic E-state index is 13.8. The van der Waals surface area contributed by atoms with Crippen molar-refractivity contribution in [2.24, 2.45) is 0 Å². The number of benzene rings is 3. The van der Waals surface area contributed by atoms with Crippen molar-refractivity contribution in [3.63, 3.8) is 0 Å². The van der Waals surface area contributed by atoms with Gasteiger partial charge in [-0.2, -0.15) is 0 Å². The SMILES string of the molecule is Cc1ccc(C)c(CNN2C(=O)c3ccccc3S(=O)(=O)c3ccc(C(=O)NCCCN4CCOCC4)cc32)c1. The molecule has 0 radical (unpaired) electrons. The van der Waals surface area contributed by atoms with Gasteiger partial charge in [0.2, 0.25) is 9.84 Å². The fourth-order valence-electron chi connectivity index (χ4n) is 5.03. The maximum Gasteiger partial charge on any atom is 0.274 e. The fraction of sp³-hybridized carbons (Fsp3) is 0.333. The molecule has 40 heavy (non-hydrogen) atoms. The number of fused-ring (bicyclic) bond motifs is 2. The Morgan fingerprint density at radius 1 is 0.975 bits per heavy atom. The Kier molecular flexibility index (Phi) is 8.32. The highest BCUT2D eigenvalue weighted by atomic mass is 32.2. The molecule has 210 valence electrons. The highest BCUT2D eigenvalue weighted by Crippen LogP contribution is 2.36. The normalized spacial score (nSPS) is 16.6. The molecule has 2 N–H and O–H groups in total. The summed E-state index contributed by atoms with van der Waals surface area (Å²) in [6.07, 6.45) is 0.780. The molecule has 2 amide bonds. The zero-order valence-corrected chi connectivity index (χ0v) is 23.6. The first-order chi connectivity index (χ1) is 19.3. The number of morpholine rings is 1. The van der Waals surface area contributed by atoms with Crippen LogP contribution in [-0.2, 0) is 21.1 Å². The van der Waals surface area contributed by atoms with E-state index in [0.717, 1.165) is 56.0 Å². The number of ether oxygens (including phenoxy) is 1. The Bertz CT molecular complexity index is 1530.